The molecule has 3 rings (SSSR count). The number of hydrogen-bond donors (Lipinski definition) is 0. The minimum Gasteiger partial charge on any atom is -0.253 e. The minimum atomic E-state index is -0.260. The highest BCUT2D eigenvalue weighted by molar-refractivity contribution is 7.98. The maximum absolute atomic E-state index is 13.2. The Kier molecular flexibility index (Phi) is 6.20. The van der Waals surface area contributed by atoms with Gasteiger partial charge in [-0.3, -0.25) is 4.99 Å². The van der Waals surface area contributed by atoms with E-state index in [0.29, 0.717) is 6.54 Å². The Morgan fingerprint density at radius 3 is 2.54 bits per heavy atom. The van der Waals surface area contributed by atoms with Crippen LogP contribution in [0.4, 0.5) is 4.39 Å². The van der Waals surface area contributed by atoms with Gasteiger partial charge in [0.15, 0.2) is 0 Å². The molecule has 0 saturated carbocycles. The normalized spacial score (nSPS) is 12.0. The second-order valence-corrected chi connectivity index (χ2v) is 7.09. The van der Waals surface area contributed by atoms with Gasteiger partial charge in [-0.15, -0.1) is 29.7 Å². The Morgan fingerprint density at radius 2 is 1.88 bits per heavy atom. The lowest BCUT2D eigenvalue weighted by atomic mass is 10.2. The van der Waals surface area contributed by atoms with Crippen LogP contribution in [0.3, 0.4) is 0 Å². The van der Waals surface area contributed by atoms with E-state index in [0.717, 1.165) is 21.6 Å². The fraction of sp³-hybridized carbons (Fsp3) is 0.100. The smallest absolute Gasteiger partial charge is 0.206 e. The first-order valence-electron chi connectivity index (χ1n) is 7.97. The van der Waals surface area contributed by atoms with Crippen molar-refractivity contribution in [3.05, 3.63) is 82.7 Å². The Labute approximate surface area is 160 Å². The van der Waals surface area contributed by atoms with Crippen LogP contribution in [0.2, 0.25) is 0 Å². The van der Waals surface area contributed by atoms with Crippen LogP contribution >= 0.6 is 23.1 Å². The molecule has 6 heteroatoms. The van der Waals surface area contributed by atoms with Gasteiger partial charge in [-0.25, -0.2) is 9.07 Å². The van der Waals surface area contributed by atoms with Gasteiger partial charge in [0.2, 0.25) is 4.80 Å². The molecule has 1 heterocycles. The molecule has 132 valence electrons. The van der Waals surface area contributed by atoms with Crippen LogP contribution in [0.1, 0.15) is 5.56 Å². The predicted octanol–water partition coefficient (Wildman–Crippen LogP) is 5.05. The molecule has 26 heavy (non-hydrogen) atoms. The standard InChI is InChI=1S/C20H18FN3S2/c1-3-12-22-20-24(23-13-15-4-10-18(25-2)11-5-15)19(14-26-20)16-6-8-17(21)9-7-16/h3-11,13-14H,1,12H2,2H3/b22-20?,23-13-. The van der Waals surface area contributed by atoms with Crippen LogP contribution in [0, 0.1) is 5.82 Å². The SMILES string of the molecule is C=CCN=c1scc(-c2ccc(F)cc2)n1/N=C\c1ccc(SC)cc1. The van der Waals surface area contributed by atoms with E-state index in [1.54, 1.807) is 40.9 Å². The minimum absolute atomic E-state index is 0.260. The summed E-state index contributed by atoms with van der Waals surface area (Å²) in [5.74, 6) is -0.260. The van der Waals surface area contributed by atoms with Gasteiger partial charge in [0, 0.05) is 15.8 Å². The third-order valence-electron chi connectivity index (χ3n) is 3.62. The third kappa shape index (κ3) is 4.39. The van der Waals surface area contributed by atoms with Crippen molar-refractivity contribution in [2.24, 2.45) is 10.1 Å². The summed E-state index contributed by atoms with van der Waals surface area (Å²) in [5, 5.41) is 6.59. The molecule has 0 saturated heterocycles. The number of thiazole rings is 1. The molecule has 0 aliphatic carbocycles. The van der Waals surface area contributed by atoms with Crippen molar-refractivity contribution >= 4 is 29.3 Å². The maximum Gasteiger partial charge on any atom is 0.206 e. The zero-order chi connectivity index (χ0) is 18.4. The molecule has 3 nitrogen and oxygen atoms in total. The molecule has 0 fully saturated rings. The number of benzene rings is 2. The fourth-order valence-corrected chi connectivity index (χ4v) is 3.55. The molecule has 0 unspecified atom stereocenters. The van der Waals surface area contributed by atoms with Crippen molar-refractivity contribution in [1.29, 1.82) is 0 Å². The summed E-state index contributed by atoms with van der Waals surface area (Å²) in [6, 6.07) is 14.6. The highest BCUT2D eigenvalue weighted by Crippen LogP contribution is 2.20. The molecular weight excluding hydrogens is 365 g/mol. The molecule has 3 aromatic rings. The van der Waals surface area contributed by atoms with E-state index in [2.05, 4.69) is 28.8 Å². The molecule has 0 amide bonds. The van der Waals surface area contributed by atoms with Gasteiger partial charge in [-0.2, -0.15) is 5.10 Å². The Bertz CT molecular complexity index is 968. The topological polar surface area (TPSA) is 29.6 Å². The zero-order valence-corrected chi connectivity index (χ0v) is 15.9. The first-order chi connectivity index (χ1) is 12.7. The quantitative estimate of drug-likeness (QED) is 0.333. The Hall–Kier alpha value is -2.44. The van der Waals surface area contributed by atoms with E-state index in [4.69, 9.17) is 0 Å². The van der Waals surface area contributed by atoms with E-state index < -0.39 is 0 Å². The van der Waals surface area contributed by atoms with Crippen LogP contribution in [-0.2, 0) is 0 Å². The summed E-state index contributed by atoms with van der Waals surface area (Å²) in [6.45, 7) is 4.22. The van der Waals surface area contributed by atoms with E-state index in [1.165, 1.54) is 28.4 Å². The van der Waals surface area contributed by atoms with Gasteiger partial charge in [-0.05, 0) is 48.2 Å². The number of thioether (sulfide) groups is 1. The first kappa shape index (κ1) is 18.4. The van der Waals surface area contributed by atoms with Gasteiger partial charge in [0.1, 0.15) is 5.82 Å². The van der Waals surface area contributed by atoms with Crippen molar-refractivity contribution in [3.8, 4) is 11.3 Å². The van der Waals surface area contributed by atoms with E-state index in [9.17, 15) is 4.39 Å². The molecule has 2 aromatic carbocycles. The molecule has 0 N–H and O–H groups in total. The van der Waals surface area contributed by atoms with Crippen LogP contribution in [0.15, 0.2) is 81.6 Å². The van der Waals surface area contributed by atoms with Crippen LogP contribution in [-0.4, -0.2) is 23.7 Å². The molecule has 0 bridgehead atoms. The third-order valence-corrected chi connectivity index (χ3v) is 5.22. The molecule has 0 aliphatic heterocycles. The van der Waals surface area contributed by atoms with Gasteiger partial charge < -0.3 is 0 Å². The van der Waals surface area contributed by atoms with Gasteiger partial charge in [0.05, 0.1) is 18.5 Å². The lowest BCUT2D eigenvalue weighted by Gasteiger charge is -2.04. The molecular formula is C20H18FN3S2. The van der Waals surface area contributed by atoms with Crippen molar-refractivity contribution < 1.29 is 4.39 Å². The number of hydrogen-bond acceptors (Lipinski definition) is 4. The summed E-state index contributed by atoms with van der Waals surface area (Å²) in [6.07, 6.45) is 5.59. The van der Waals surface area contributed by atoms with E-state index >= 15 is 0 Å². The second kappa shape index (κ2) is 8.78. The molecule has 0 radical (unpaired) electrons. The van der Waals surface area contributed by atoms with Gasteiger partial charge >= 0.3 is 0 Å². The van der Waals surface area contributed by atoms with Crippen LogP contribution in [0.25, 0.3) is 11.3 Å². The van der Waals surface area contributed by atoms with E-state index in [1.807, 2.05) is 23.8 Å². The van der Waals surface area contributed by atoms with Gasteiger partial charge in [0.25, 0.3) is 0 Å². The number of nitrogens with zero attached hydrogens (tertiary/aromatic N) is 3. The molecule has 0 spiro atoms. The molecule has 0 atom stereocenters. The zero-order valence-electron chi connectivity index (χ0n) is 14.3. The summed E-state index contributed by atoms with van der Waals surface area (Å²) < 4.78 is 15.0. The largest absolute Gasteiger partial charge is 0.253 e. The fourth-order valence-electron chi connectivity index (χ4n) is 2.30. The summed E-state index contributed by atoms with van der Waals surface area (Å²) >= 11 is 3.20. The van der Waals surface area contributed by atoms with Crippen molar-refractivity contribution in [2.75, 3.05) is 12.8 Å². The van der Waals surface area contributed by atoms with Crippen molar-refractivity contribution in [3.63, 3.8) is 0 Å². The monoisotopic (exact) mass is 383 g/mol. The van der Waals surface area contributed by atoms with Crippen LogP contribution < -0.4 is 4.80 Å². The second-order valence-electron chi connectivity index (χ2n) is 5.37. The van der Waals surface area contributed by atoms with E-state index in [-0.39, 0.29) is 5.82 Å². The Morgan fingerprint density at radius 1 is 1.15 bits per heavy atom. The van der Waals surface area contributed by atoms with Crippen molar-refractivity contribution in [2.45, 2.75) is 4.90 Å². The molecule has 1 aromatic heterocycles. The summed E-state index contributed by atoms with van der Waals surface area (Å²) in [5.41, 5.74) is 2.76. The highest BCUT2D eigenvalue weighted by atomic mass is 32.2. The number of rotatable bonds is 6. The average Bonchev–Trinajstić information content (AvgIpc) is 3.08. The molecule has 0 aliphatic rings. The Balaban J connectivity index is 2.01. The lowest BCUT2D eigenvalue weighted by Crippen LogP contribution is -2.12. The maximum atomic E-state index is 13.2. The number of aromatic nitrogens is 1. The lowest BCUT2D eigenvalue weighted by molar-refractivity contribution is 0.628. The average molecular weight is 384 g/mol. The summed E-state index contributed by atoms with van der Waals surface area (Å²) in [7, 11) is 0. The number of halogens is 1. The van der Waals surface area contributed by atoms with Gasteiger partial charge in [-0.1, -0.05) is 18.2 Å². The van der Waals surface area contributed by atoms with Crippen LogP contribution in [0.5, 0.6) is 0 Å². The van der Waals surface area contributed by atoms with Crippen molar-refractivity contribution in [1.82, 2.24) is 4.68 Å². The first-order valence-corrected chi connectivity index (χ1v) is 10.1. The predicted molar refractivity (Wildman–Crippen MR) is 110 cm³/mol. The summed E-state index contributed by atoms with van der Waals surface area (Å²) in [4.78, 5) is 6.47. The highest BCUT2D eigenvalue weighted by Gasteiger charge is 2.07.